The summed E-state index contributed by atoms with van der Waals surface area (Å²) >= 11 is 3.31. The van der Waals surface area contributed by atoms with E-state index >= 15 is 0 Å². The second kappa shape index (κ2) is 5.69. The maximum absolute atomic E-state index is 13.1. The van der Waals surface area contributed by atoms with Crippen LogP contribution in [-0.2, 0) is 6.54 Å². The molecule has 13 heavy (non-hydrogen) atoms. The Labute approximate surface area is 88.4 Å². The summed E-state index contributed by atoms with van der Waals surface area (Å²) in [5.41, 5.74) is 0.702. The lowest BCUT2D eigenvalue weighted by molar-refractivity contribution is 0.593. The highest BCUT2D eigenvalue weighted by Crippen LogP contribution is 2.15. The Morgan fingerprint density at radius 2 is 2.23 bits per heavy atom. The van der Waals surface area contributed by atoms with Gasteiger partial charge < -0.3 is 5.32 Å². The highest BCUT2D eigenvalue weighted by molar-refractivity contribution is 9.10. The third kappa shape index (κ3) is 3.72. The van der Waals surface area contributed by atoms with Gasteiger partial charge in [0.05, 0.1) is 0 Å². The predicted molar refractivity (Wildman–Crippen MR) is 60.4 cm³/mol. The molecular weight excluding hydrogens is 252 g/mol. The third-order valence-corrected chi connectivity index (χ3v) is 2.43. The van der Waals surface area contributed by atoms with Gasteiger partial charge in [-0.1, -0.05) is 15.9 Å². The summed E-state index contributed by atoms with van der Waals surface area (Å²) in [6, 6.07) is 4.97. The largest absolute Gasteiger partial charge is 0.312 e. The van der Waals surface area contributed by atoms with Crippen molar-refractivity contribution in [3.8, 4) is 0 Å². The van der Waals surface area contributed by atoms with Crippen LogP contribution in [0.4, 0.5) is 4.39 Å². The first kappa shape index (κ1) is 11.1. The molecule has 0 aliphatic heterocycles. The molecule has 72 valence electrons. The summed E-state index contributed by atoms with van der Waals surface area (Å²) in [5, 5.41) is 3.14. The fourth-order valence-electron chi connectivity index (χ4n) is 1.00. The van der Waals surface area contributed by atoms with Gasteiger partial charge >= 0.3 is 0 Å². The topological polar surface area (TPSA) is 12.0 Å². The zero-order valence-electron chi connectivity index (χ0n) is 7.19. The van der Waals surface area contributed by atoms with Crippen LogP contribution in [0.15, 0.2) is 22.7 Å². The molecule has 0 spiro atoms. The van der Waals surface area contributed by atoms with Crippen LogP contribution in [0.5, 0.6) is 0 Å². The van der Waals surface area contributed by atoms with Crippen molar-refractivity contribution in [3.63, 3.8) is 0 Å². The Balaban J connectivity index is 2.59. The van der Waals surface area contributed by atoms with Gasteiger partial charge in [0.25, 0.3) is 0 Å². The van der Waals surface area contributed by atoms with Gasteiger partial charge in [0.1, 0.15) is 5.82 Å². The van der Waals surface area contributed by atoms with Gasteiger partial charge in [-0.25, -0.2) is 4.39 Å². The van der Waals surface area contributed by atoms with Gasteiger partial charge in [-0.15, -0.1) is 9.24 Å². The van der Waals surface area contributed by atoms with E-state index in [1.54, 1.807) is 12.1 Å². The average molecular weight is 264 g/mol. The maximum atomic E-state index is 13.1. The maximum Gasteiger partial charge on any atom is 0.127 e. The molecule has 0 aliphatic rings. The normalized spacial score (nSPS) is 10.4. The molecule has 1 aromatic carbocycles. The summed E-state index contributed by atoms with van der Waals surface area (Å²) in [6.45, 7) is 1.47. The van der Waals surface area contributed by atoms with Crippen LogP contribution in [0.1, 0.15) is 5.56 Å². The Bertz CT molecular complexity index is 280. The molecule has 1 atom stereocenters. The standard InChI is InChI=1S/C9H12BrFNP/c10-8-1-2-9(11)7(5-8)6-12-3-4-13/h1-2,5,12H,3-4,6,13H2. The predicted octanol–water partition coefficient (Wildman–Crippen LogP) is 2.55. The van der Waals surface area contributed by atoms with Crippen molar-refractivity contribution in [3.05, 3.63) is 34.1 Å². The zero-order valence-corrected chi connectivity index (χ0v) is 9.93. The van der Waals surface area contributed by atoms with Crippen LogP contribution in [-0.4, -0.2) is 12.7 Å². The highest BCUT2D eigenvalue weighted by atomic mass is 79.9. The van der Waals surface area contributed by atoms with Crippen molar-refractivity contribution in [2.45, 2.75) is 6.54 Å². The number of rotatable bonds is 4. The van der Waals surface area contributed by atoms with E-state index in [2.05, 4.69) is 30.5 Å². The fourth-order valence-corrected chi connectivity index (χ4v) is 1.62. The molecule has 1 nitrogen and oxygen atoms in total. The first-order valence-corrected chi connectivity index (χ1v) is 5.69. The van der Waals surface area contributed by atoms with Gasteiger partial charge in [0.2, 0.25) is 0 Å². The van der Waals surface area contributed by atoms with E-state index in [-0.39, 0.29) is 5.82 Å². The molecule has 1 N–H and O–H groups in total. The van der Waals surface area contributed by atoms with Gasteiger partial charge in [-0.3, -0.25) is 0 Å². The van der Waals surface area contributed by atoms with Crippen LogP contribution < -0.4 is 5.32 Å². The van der Waals surface area contributed by atoms with E-state index in [9.17, 15) is 4.39 Å². The van der Waals surface area contributed by atoms with Crippen molar-refractivity contribution in [1.82, 2.24) is 5.32 Å². The molecule has 1 rings (SSSR count). The van der Waals surface area contributed by atoms with Crippen LogP contribution >= 0.6 is 25.2 Å². The van der Waals surface area contributed by atoms with E-state index in [0.717, 1.165) is 17.2 Å². The van der Waals surface area contributed by atoms with Crippen molar-refractivity contribution in [2.75, 3.05) is 12.7 Å². The quantitative estimate of drug-likeness (QED) is 0.651. The van der Waals surface area contributed by atoms with Crippen molar-refractivity contribution < 1.29 is 4.39 Å². The Kier molecular flexibility index (Phi) is 4.86. The molecule has 0 saturated heterocycles. The first-order chi connectivity index (χ1) is 6.24. The average Bonchev–Trinajstić information content (AvgIpc) is 2.11. The lowest BCUT2D eigenvalue weighted by atomic mass is 10.2. The second-order valence-corrected chi connectivity index (χ2v) is 4.19. The minimum absolute atomic E-state index is 0.153. The molecule has 0 fully saturated rings. The number of halogens is 2. The lowest BCUT2D eigenvalue weighted by Crippen LogP contribution is -2.16. The van der Waals surface area contributed by atoms with Gasteiger partial charge in [0.15, 0.2) is 0 Å². The molecule has 0 aromatic heterocycles. The third-order valence-electron chi connectivity index (χ3n) is 1.64. The van der Waals surface area contributed by atoms with Crippen molar-refractivity contribution in [2.24, 2.45) is 0 Å². The van der Waals surface area contributed by atoms with E-state index in [0.29, 0.717) is 12.1 Å². The van der Waals surface area contributed by atoms with Gasteiger partial charge in [0, 0.05) is 16.6 Å². The van der Waals surface area contributed by atoms with Crippen LogP contribution in [0.2, 0.25) is 0 Å². The van der Waals surface area contributed by atoms with E-state index in [1.165, 1.54) is 6.07 Å². The minimum Gasteiger partial charge on any atom is -0.312 e. The van der Waals surface area contributed by atoms with Crippen LogP contribution in [0, 0.1) is 5.82 Å². The number of hydrogen-bond acceptors (Lipinski definition) is 1. The van der Waals surface area contributed by atoms with Crippen molar-refractivity contribution in [1.29, 1.82) is 0 Å². The summed E-state index contributed by atoms with van der Waals surface area (Å²) in [5.74, 6) is -0.153. The Morgan fingerprint density at radius 3 is 2.92 bits per heavy atom. The molecule has 4 heteroatoms. The number of hydrogen-bond donors (Lipinski definition) is 1. The zero-order chi connectivity index (χ0) is 9.68. The van der Waals surface area contributed by atoms with Gasteiger partial charge in [-0.05, 0) is 30.9 Å². The molecule has 0 radical (unpaired) electrons. The molecule has 1 aromatic rings. The summed E-state index contributed by atoms with van der Waals surface area (Å²) < 4.78 is 14.0. The molecule has 0 saturated carbocycles. The van der Waals surface area contributed by atoms with E-state index in [1.807, 2.05) is 0 Å². The summed E-state index contributed by atoms with van der Waals surface area (Å²) in [4.78, 5) is 0. The highest BCUT2D eigenvalue weighted by Gasteiger charge is 2.01. The molecule has 0 heterocycles. The van der Waals surface area contributed by atoms with Crippen LogP contribution in [0.25, 0.3) is 0 Å². The van der Waals surface area contributed by atoms with Crippen LogP contribution in [0.3, 0.4) is 0 Å². The lowest BCUT2D eigenvalue weighted by Gasteiger charge is -2.04. The Morgan fingerprint density at radius 1 is 1.46 bits per heavy atom. The monoisotopic (exact) mass is 263 g/mol. The first-order valence-electron chi connectivity index (χ1n) is 4.08. The van der Waals surface area contributed by atoms with E-state index < -0.39 is 0 Å². The number of benzene rings is 1. The summed E-state index contributed by atoms with van der Waals surface area (Å²) in [6.07, 6.45) is 0.982. The Hall–Kier alpha value is 0.0200. The molecule has 0 amide bonds. The molecule has 1 unspecified atom stereocenters. The SMILES string of the molecule is Fc1ccc(Br)cc1CNCCP. The molecule has 0 aliphatic carbocycles. The minimum atomic E-state index is -0.153. The number of nitrogens with one attached hydrogen (secondary N) is 1. The smallest absolute Gasteiger partial charge is 0.127 e. The van der Waals surface area contributed by atoms with E-state index in [4.69, 9.17) is 0 Å². The molecule has 0 bridgehead atoms. The second-order valence-electron chi connectivity index (χ2n) is 2.70. The van der Waals surface area contributed by atoms with Gasteiger partial charge in [-0.2, -0.15) is 0 Å². The van der Waals surface area contributed by atoms with Crippen molar-refractivity contribution >= 4 is 25.2 Å². The fraction of sp³-hybridized carbons (Fsp3) is 0.333. The molecular formula is C9H12BrFNP. The summed E-state index contributed by atoms with van der Waals surface area (Å²) in [7, 11) is 2.62.